The molecule has 3 aromatic rings. The van der Waals surface area contributed by atoms with Crippen molar-refractivity contribution < 1.29 is 13.2 Å². The smallest absolute Gasteiger partial charge is 0.340 e. The predicted molar refractivity (Wildman–Crippen MR) is 134 cm³/mol. The van der Waals surface area contributed by atoms with Crippen molar-refractivity contribution in [1.29, 1.82) is 0 Å². The van der Waals surface area contributed by atoms with Gasteiger partial charge in [-0.05, 0) is 72.9 Å². The summed E-state index contributed by atoms with van der Waals surface area (Å²) >= 11 is 0. The Morgan fingerprint density at radius 2 is 1.14 bits per heavy atom. The third-order valence-corrected chi connectivity index (χ3v) is 7.34. The quantitative estimate of drug-likeness (QED) is 0.370. The summed E-state index contributed by atoms with van der Waals surface area (Å²) in [4.78, 5) is 8.13. The molecule has 0 amide bonds. The van der Waals surface area contributed by atoms with E-state index < -0.39 is 11.7 Å². The average Bonchev–Trinajstić information content (AvgIpc) is 3.40. The maximum Gasteiger partial charge on any atom is 0.421 e. The van der Waals surface area contributed by atoms with Crippen molar-refractivity contribution in [3.05, 3.63) is 71.4 Å². The van der Waals surface area contributed by atoms with E-state index in [0.29, 0.717) is 17.5 Å². The molecule has 35 heavy (non-hydrogen) atoms. The number of rotatable bonds is 6. The Morgan fingerprint density at radius 3 is 1.66 bits per heavy atom. The second-order valence-corrected chi connectivity index (χ2v) is 9.76. The van der Waals surface area contributed by atoms with Gasteiger partial charge in [-0.2, -0.15) is 18.2 Å². The SMILES string of the molecule is FC(F)(F)c1cnc(Nc2ccc(C3CCCCC3)cc2)nc1Nc1ccc(C2CCCC2)cc1. The summed E-state index contributed by atoms with van der Waals surface area (Å²) in [6.45, 7) is 0. The number of nitrogens with one attached hydrogen (secondary N) is 2. The van der Waals surface area contributed by atoms with Crippen molar-refractivity contribution in [2.75, 3.05) is 10.6 Å². The Hall–Kier alpha value is -3.09. The lowest BCUT2D eigenvalue weighted by atomic mass is 9.84. The van der Waals surface area contributed by atoms with Gasteiger partial charge in [0.25, 0.3) is 0 Å². The topological polar surface area (TPSA) is 49.8 Å². The van der Waals surface area contributed by atoms with E-state index in [-0.39, 0.29) is 11.8 Å². The van der Waals surface area contributed by atoms with Crippen LogP contribution < -0.4 is 10.6 Å². The van der Waals surface area contributed by atoms with Crippen LogP contribution in [0.1, 0.15) is 86.3 Å². The number of hydrogen-bond acceptors (Lipinski definition) is 4. The molecular formula is C28H31F3N4. The van der Waals surface area contributed by atoms with E-state index in [1.807, 2.05) is 36.4 Å². The molecule has 0 bridgehead atoms. The summed E-state index contributed by atoms with van der Waals surface area (Å²) in [5, 5.41) is 5.92. The van der Waals surface area contributed by atoms with Gasteiger partial charge in [-0.3, -0.25) is 0 Å². The maximum absolute atomic E-state index is 13.7. The zero-order valence-electron chi connectivity index (χ0n) is 19.7. The summed E-state index contributed by atoms with van der Waals surface area (Å²) in [5.41, 5.74) is 2.98. The van der Waals surface area contributed by atoms with Crippen molar-refractivity contribution in [2.45, 2.75) is 75.8 Å². The lowest BCUT2D eigenvalue weighted by Crippen LogP contribution is -2.12. The highest BCUT2D eigenvalue weighted by molar-refractivity contribution is 5.63. The molecule has 2 aromatic carbocycles. The van der Waals surface area contributed by atoms with E-state index >= 15 is 0 Å². The molecule has 184 valence electrons. The summed E-state index contributed by atoms with van der Waals surface area (Å²) in [7, 11) is 0. The van der Waals surface area contributed by atoms with Crippen molar-refractivity contribution in [1.82, 2.24) is 9.97 Å². The molecule has 4 nitrogen and oxygen atoms in total. The minimum absolute atomic E-state index is 0.119. The third kappa shape index (κ3) is 5.77. The molecule has 0 unspecified atom stereocenters. The van der Waals surface area contributed by atoms with Gasteiger partial charge in [-0.15, -0.1) is 0 Å². The van der Waals surface area contributed by atoms with E-state index in [2.05, 4.69) is 32.7 Å². The number of benzene rings is 2. The average molecular weight is 481 g/mol. The van der Waals surface area contributed by atoms with Crippen molar-refractivity contribution in [3.63, 3.8) is 0 Å². The van der Waals surface area contributed by atoms with Crippen molar-refractivity contribution >= 4 is 23.1 Å². The minimum atomic E-state index is -4.56. The van der Waals surface area contributed by atoms with Crippen LogP contribution in [-0.2, 0) is 6.18 Å². The zero-order chi connectivity index (χ0) is 24.3. The molecule has 0 atom stereocenters. The first-order valence-corrected chi connectivity index (χ1v) is 12.6. The Balaban J connectivity index is 1.33. The van der Waals surface area contributed by atoms with Crippen LogP contribution in [0.2, 0.25) is 0 Å². The number of alkyl halides is 3. The normalized spacial score (nSPS) is 17.5. The molecule has 0 aliphatic heterocycles. The van der Waals surface area contributed by atoms with Gasteiger partial charge in [-0.1, -0.05) is 56.4 Å². The van der Waals surface area contributed by atoms with Gasteiger partial charge in [0.1, 0.15) is 11.4 Å². The minimum Gasteiger partial charge on any atom is -0.340 e. The lowest BCUT2D eigenvalue weighted by Gasteiger charge is -2.22. The van der Waals surface area contributed by atoms with Crippen LogP contribution in [-0.4, -0.2) is 9.97 Å². The Kier molecular flexibility index (Phi) is 6.93. The lowest BCUT2D eigenvalue weighted by molar-refractivity contribution is -0.137. The molecule has 0 radical (unpaired) electrons. The molecule has 0 saturated heterocycles. The molecule has 2 fully saturated rings. The zero-order valence-corrected chi connectivity index (χ0v) is 19.7. The van der Waals surface area contributed by atoms with Crippen LogP contribution in [0.5, 0.6) is 0 Å². The monoisotopic (exact) mass is 480 g/mol. The first-order valence-electron chi connectivity index (χ1n) is 12.6. The first-order chi connectivity index (χ1) is 17.0. The van der Waals surface area contributed by atoms with Crippen LogP contribution in [0.3, 0.4) is 0 Å². The predicted octanol–water partition coefficient (Wildman–Crippen LogP) is 8.69. The molecule has 1 aromatic heterocycles. The highest BCUT2D eigenvalue weighted by Crippen LogP contribution is 2.37. The molecule has 0 spiro atoms. The molecular weight excluding hydrogens is 449 g/mol. The van der Waals surface area contributed by atoms with Crippen molar-refractivity contribution in [2.24, 2.45) is 0 Å². The van der Waals surface area contributed by atoms with Gasteiger partial charge >= 0.3 is 6.18 Å². The van der Waals surface area contributed by atoms with Crippen LogP contribution in [0.25, 0.3) is 0 Å². The number of halogens is 3. The van der Waals surface area contributed by atoms with Crippen LogP contribution in [0.15, 0.2) is 54.7 Å². The van der Waals surface area contributed by atoms with Crippen LogP contribution in [0.4, 0.5) is 36.3 Å². The van der Waals surface area contributed by atoms with Gasteiger partial charge in [0.2, 0.25) is 5.95 Å². The fourth-order valence-corrected chi connectivity index (χ4v) is 5.38. The van der Waals surface area contributed by atoms with Crippen LogP contribution >= 0.6 is 0 Å². The number of nitrogens with zero attached hydrogens (tertiary/aromatic N) is 2. The molecule has 2 saturated carbocycles. The highest BCUT2D eigenvalue weighted by atomic mass is 19.4. The Bertz CT molecular complexity index is 1110. The van der Waals surface area contributed by atoms with Gasteiger partial charge in [0.05, 0.1) is 0 Å². The van der Waals surface area contributed by atoms with Crippen LogP contribution in [0, 0.1) is 0 Å². The fourth-order valence-electron chi connectivity index (χ4n) is 5.38. The second kappa shape index (κ2) is 10.3. The van der Waals surface area contributed by atoms with Gasteiger partial charge in [-0.25, -0.2) is 4.98 Å². The maximum atomic E-state index is 13.7. The molecule has 2 N–H and O–H groups in total. The summed E-state index contributed by atoms with van der Waals surface area (Å²) < 4.78 is 41.0. The fraction of sp³-hybridized carbons (Fsp3) is 0.429. The molecule has 5 rings (SSSR count). The van der Waals surface area contributed by atoms with E-state index in [9.17, 15) is 13.2 Å². The third-order valence-electron chi connectivity index (χ3n) is 7.34. The number of aromatic nitrogens is 2. The molecule has 2 aliphatic carbocycles. The van der Waals surface area contributed by atoms with Gasteiger partial charge in [0.15, 0.2) is 0 Å². The highest BCUT2D eigenvalue weighted by Gasteiger charge is 2.35. The number of hydrogen-bond donors (Lipinski definition) is 2. The van der Waals surface area contributed by atoms with Gasteiger partial charge in [0, 0.05) is 17.6 Å². The second-order valence-electron chi connectivity index (χ2n) is 9.76. The largest absolute Gasteiger partial charge is 0.421 e. The standard InChI is InChI=1S/C28H31F3N4/c29-28(30,31)25-18-32-27(34-24-16-12-22(13-17-24)19-6-2-1-3-7-19)35-26(25)33-23-14-10-21(11-15-23)20-8-4-5-9-20/h10-20H,1-9H2,(H2,32,33,34,35). The first kappa shape index (κ1) is 23.6. The summed E-state index contributed by atoms with van der Waals surface area (Å²) in [6.07, 6.45) is 7.36. The van der Waals surface area contributed by atoms with Crippen molar-refractivity contribution in [3.8, 4) is 0 Å². The van der Waals surface area contributed by atoms with Gasteiger partial charge < -0.3 is 10.6 Å². The van der Waals surface area contributed by atoms with E-state index in [1.165, 1.54) is 68.9 Å². The molecule has 2 aliphatic rings. The van der Waals surface area contributed by atoms with E-state index in [1.54, 1.807) is 0 Å². The summed E-state index contributed by atoms with van der Waals surface area (Å²) in [6, 6.07) is 15.7. The molecule has 1 heterocycles. The summed E-state index contributed by atoms with van der Waals surface area (Å²) in [5.74, 6) is 1.00. The van der Waals surface area contributed by atoms with E-state index in [4.69, 9.17) is 0 Å². The van der Waals surface area contributed by atoms with E-state index in [0.717, 1.165) is 11.9 Å². The molecule has 7 heteroatoms. The number of anilines is 4. The Labute approximate surface area is 204 Å². The Morgan fingerprint density at radius 1 is 0.657 bits per heavy atom.